The van der Waals surface area contributed by atoms with E-state index in [1.807, 2.05) is 0 Å². The summed E-state index contributed by atoms with van der Waals surface area (Å²) in [5, 5.41) is 13.2. The maximum Gasteiger partial charge on any atom is 0.265 e. The molecule has 0 radical (unpaired) electrons. The molecule has 0 bridgehead atoms. The normalized spacial score (nSPS) is 20.9. The van der Waals surface area contributed by atoms with Gasteiger partial charge in [0.2, 0.25) is 0 Å². The molecule has 1 saturated carbocycles. The molecule has 1 aromatic rings. The molecule has 0 spiro atoms. The molecule has 0 atom stereocenters. The predicted molar refractivity (Wildman–Crippen MR) is 83.7 cm³/mol. The van der Waals surface area contributed by atoms with Crippen LogP contribution in [-0.2, 0) is 0 Å². The fourth-order valence-corrected chi connectivity index (χ4v) is 3.86. The van der Waals surface area contributed by atoms with Crippen LogP contribution in [0.25, 0.3) is 0 Å². The van der Waals surface area contributed by atoms with Crippen LogP contribution in [0.1, 0.15) is 48.2 Å². The molecule has 2 aliphatic rings. The number of hydrogen-bond donors (Lipinski definition) is 3. The zero-order valence-corrected chi connectivity index (χ0v) is 12.9. The van der Waals surface area contributed by atoms with Crippen molar-refractivity contribution in [1.82, 2.24) is 10.3 Å². The van der Waals surface area contributed by atoms with Crippen molar-refractivity contribution in [2.75, 3.05) is 30.3 Å². The van der Waals surface area contributed by atoms with Gasteiger partial charge in [-0.1, -0.05) is 11.3 Å². The lowest BCUT2D eigenvalue weighted by molar-refractivity contribution is 0.0645. The van der Waals surface area contributed by atoms with Crippen LogP contribution < -0.4 is 16.0 Å². The summed E-state index contributed by atoms with van der Waals surface area (Å²) in [6.07, 6.45) is 6.27. The van der Waals surface area contributed by atoms with Gasteiger partial charge in [-0.25, -0.2) is 4.98 Å². The fourth-order valence-electron chi connectivity index (χ4n) is 2.93. The molecule has 6 nitrogen and oxygen atoms in total. The third-order valence-corrected chi connectivity index (χ3v) is 5.60. The van der Waals surface area contributed by atoms with Crippen molar-refractivity contribution in [2.45, 2.75) is 44.1 Å². The topological polar surface area (TPSA) is 91.5 Å². The van der Waals surface area contributed by atoms with E-state index >= 15 is 0 Å². The third-order valence-electron chi connectivity index (χ3n) is 4.47. The second kappa shape index (κ2) is 5.81. The van der Waals surface area contributed by atoms with Crippen molar-refractivity contribution in [3.63, 3.8) is 0 Å². The van der Waals surface area contributed by atoms with Gasteiger partial charge in [-0.15, -0.1) is 0 Å². The van der Waals surface area contributed by atoms with Gasteiger partial charge in [0.15, 0.2) is 5.13 Å². The average molecular weight is 310 g/mol. The summed E-state index contributed by atoms with van der Waals surface area (Å²) >= 11 is 1.36. The highest BCUT2D eigenvalue weighted by molar-refractivity contribution is 7.18. The molecule has 2 fully saturated rings. The fraction of sp³-hybridized carbons (Fsp3) is 0.714. The largest absolute Gasteiger partial charge is 0.394 e. The molecule has 3 rings (SSSR count). The number of carbonyl (C=O) groups is 1. The van der Waals surface area contributed by atoms with Gasteiger partial charge in [0.25, 0.3) is 5.91 Å². The lowest BCUT2D eigenvalue weighted by Crippen LogP contribution is -2.56. The molecule has 0 unspecified atom stereocenters. The number of nitrogens with one attached hydrogen (secondary N) is 1. The maximum atomic E-state index is 12.4. The van der Waals surface area contributed by atoms with Crippen LogP contribution in [0.2, 0.25) is 0 Å². The summed E-state index contributed by atoms with van der Waals surface area (Å²) in [5.74, 6) is 0.0903. The Labute approximate surface area is 128 Å². The number of anilines is 2. The molecule has 4 N–H and O–H groups in total. The number of nitrogen functional groups attached to an aromatic ring is 1. The van der Waals surface area contributed by atoms with E-state index in [1.165, 1.54) is 17.8 Å². The summed E-state index contributed by atoms with van der Waals surface area (Å²) in [5.41, 5.74) is 5.47. The molecule has 116 valence electrons. The van der Waals surface area contributed by atoms with E-state index in [0.717, 1.165) is 50.3 Å². The monoisotopic (exact) mass is 310 g/mol. The van der Waals surface area contributed by atoms with Crippen LogP contribution in [0.5, 0.6) is 0 Å². The Kier molecular flexibility index (Phi) is 4.03. The first-order valence-corrected chi connectivity index (χ1v) is 8.40. The lowest BCUT2D eigenvalue weighted by atomic mass is 9.77. The highest BCUT2D eigenvalue weighted by Gasteiger charge is 2.38. The Morgan fingerprint density at radius 3 is 2.62 bits per heavy atom. The number of rotatable bonds is 4. The standard InChI is InChI=1S/C14H22N4O2S/c15-11-10(12(20)17-14(9-19)5-4-6-14)21-13(16-11)18-7-2-1-3-8-18/h19H,1-9,15H2,(H,17,20). The number of piperidine rings is 1. The van der Waals surface area contributed by atoms with E-state index in [0.29, 0.717) is 10.7 Å². The number of hydrogen-bond acceptors (Lipinski definition) is 6. The first-order valence-electron chi connectivity index (χ1n) is 7.58. The van der Waals surface area contributed by atoms with Gasteiger partial charge in [0.05, 0.1) is 12.1 Å². The number of aromatic nitrogens is 1. The van der Waals surface area contributed by atoms with Crippen LogP contribution in [0.4, 0.5) is 10.9 Å². The van der Waals surface area contributed by atoms with Gasteiger partial charge in [-0.2, -0.15) is 0 Å². The van der Waals surface area contributed by atoms with E-state index in [9.17, 15) is 9.90 Å². The Hall–Kier alpha value is -1.34. The number of amides is 1. The molecule has 1 saturated heterocycles. The Bertz CT molecular complexity index is 516. The molecule has 1 aliphatic heterocycles. The Balaban J connectivity index is 1.72. The smallest absolute Gasteiger partial charge is 0.265 e. The van der Waals surface area contributed by atoms with E-state index in [-0.39, 0.29) is 12.5 Å². The highest BCUT2D eigenvalue weighted by Crippen LogP contribution is 2.34. The third kappa shape index (κ3) is 2.85. The molecule has 2 heterocycles. The van der Waals surface area contributed by atoms with Crippen molar-refractivity contribution < 1.29 is 9.90 Å². The van der Waals surface area contributed by atoms with Crippen LogP contribution in [0.15, 0.2) is 0 Å². The minimum atomic E-state index is -0.446. The summed E-state index contributed by atoms with van der Waals surface area (Å²) in [7, 11) is 0. The number of aliphatic hydroxyl groups excluding tert-OH is 1. The zero-order chi connectivity index (χ0) is 14.9. The molecular formula is C14H22N4O2S. The summed E-state index contributed by atoms with van der Waals surface area (Å²) in [6.45, 7) is 1.94. The van der Waals surface area contributed by atoms with E-state index < -0.39 is 5.54 Å². The first kappa shape index (κ1) is 14.6. The number of nitrogens with zero attached hydrogens (tertiary/aromatic N) is 2. The van der Waals surface area contributed by atoms with E-state index in [1.54, 1.807) is 0 Å². The predicted octanol–water partition coefficient (Wildman–Crippen LogP) is 1.36. The molecule has 1 aromatic heterocycles. The summed E-state index contributed by atoms with van der Waals surface area (Å²) < 4.78 is 0. The number of nitrogens with two attached hydrogens (primary N) is 1. The average Bonchev–Trinajstić information content (AvgIpc) is 2.86. The summed E-state index contributed by atoms with van der Waals surface area (Å²) in [6, 6.07) is 0. The molecule has 0 aromatic carbocycles. The van der Waals surface area contributed by atoms with Gasteiger partial charge < -0.3 is 21.1 Å². The quantitative estimate of drug-likeness (QED) is 0.781. The molecule has 1 aliphatic carbocycles. The zero-order valence-electron chi connectivity index (χ0n) is 12.1. The first-order chi connectivity index (χ1) is 10.1. The molecular weight excluding hydrogens is 288 g/mol. The second-order valence-corrected chi connectivity index (χ2v) is 6.98. The Morgan fingerprint density at radius 2 is 2.05 bits per heavy atom. The van der Waals surface area contributed by atoms with Crippen molar-refractivity contribution in [3.8, 4) is 0 Å². The van der Waals surface area contributed by atoms with Crippen LogP contribution >= 0.6 is 11.3 Å². The number of thiazole rings is 1. The SMILES string of the molecule is Nc1nc(N2CCCCC2)sc1C(=O)NC1(CO)CCC1. The van der Waals surface area contributed by atoms with Gasteiger partial charge in [0, 0.05) is 13.1 Å². The van der Waals surface area contributed by atoms with Crippen LogP contribution in [0.3, 0.4) is 0 Å². The minimum Gasteiger partial charge on any atom is -0.394 e. The molecule has 1 amide bonds. The molecule has 7 heteroatoms. The Morgan fingerprint density at radius 1 is 1.33 bits per heavy atom. The van der Waals surface area contributed by atoms with Crippen molar-refractivity contribution in [3.05, 3.63) is 4.88 Å². The number of aliphatic hydroxyl groups is 1. The lowest BCUT2D eigenvalue weighted by Gasteiger charge is -2.40. The molecule has 21 heavy (non-hydrogen) atoms. The van der Waals surface area contributed by atoms with Crippen molar-refractivity contribution in [2.24, 2.45) is 0 Å². The van der Waals surface area contributed by atoms with Crippen LogP contribution in [-0.4, -0.2) is 41.2 Å². The van der Waals surface area contributed by atoms with Crippen molar-refractivity contribution >= 4 is 28.2 Å². The van der Waals surface area contributed by atoms with Gasteiger partial charge in [-0.05, 0) is 38.5 Å². The van der Waals surface area contributed by atoms with E-state index in [2.05, 4.69) is 15.2 Å². The highest BCUT2D eigenvalue weighted by atomic mass is 32.1. The van der Waals surface area contributed by atoms with Crippen molar-refractivity contribution in [1.29, 1.82) is 0 Å². The van der Waals surface area contributed by atoms with Crippen LogP contribution in [0, 0.1) is 0 Å². The maximum absolute atomic E-state index is 12.4. The van der Waals surface area contributed by atoms with Gasteiger partial charge in [-0.3, -0.25) is 4.79 Å². The van der Waals surface area contributed by atoms with Gasteiger partial charge >= 0.3 is 0 Å². The van der Waals surface area contributed by atoms with Gasteiger partial charge in [0.1, 0.15) is 10.7 Å². The second-order valence-electron chi connectivity index (χ2n) is 6.00. The summed E-state index contributed by atoms with van der Waals surface area (Å²) in [4.78, 5) is 19.4. The minimum absolute atomic E-state index is 0.0174. The van der Waals surface area contributed by atoms with E-state index in [4.69, 9.17) is 5.73 Å². The number of carbonyl (C=O) groups excluding carboxylic acids is 1.